The first-order valence-electron chi connectivity index (χ1n) is 4.39. The highest BCUT2D eigenvalue weighted by Gasteiger charge is 2.07. The summed E-state index contributed by atoms with van der Waals surface area (Å²) in [5, 5.41) is 3.23. The first kappa shape index (κ1) is 8.05. The molecule has 1 aromatic heterocycles. The molecule has 0 saturated carbocycles. The van der Waals surface area contributed by atoms with E-state index in [9.17, 15) is 0 Å². The Kier molecular flexibility index (Phi) is 2.13. The molecule has 1 aliphatic heterocycles. The van der Waals surface area contributed by atoms with Crippen molar-refractivity contribution in [3.63, 3.8) is 0 Å². The zero-order chi connectivity index (χ0) is 9.10. The summed E-state index contributed by atoms with van der Waals surface area (Å²) in [6.07, 6.45) is 8.05. The topological polar surface area (TPSA) is 24.9 Å². The van der Waals surface area contributed by atoms with Gasteiger partial charge in [0, 0.05) is 5.69 Å². The SMILES string of the molecule is Cc1cccc(C2C=CC=CN2)n1. The molecule has 0 spiro atoms. The van der Waals surface area contributed by atoms with Gasteiger partial charge in [0.25, 0.3) is 0 Å². The van der Waals surface area contributed by atoms with Crippen LogP contribution in [0.25, 0.3) is 0 Å². The Morgan fingerprint density at radius 2 is 2.23 bits per heavy atom. The Labute approximate surface area is 78.0 Å². The van der Waals surface area contributed by atoms with Gasteiger partial charge in [0.15, 0.2) is 0 Å². The summed E-state index contributed by atoms with van der Waals surface area (Å²) in [6, 6.07) is 6.30. The number of aromatic nitrogens is 1. The van der Waals surface area contributed by atoms with Crippen molar-refractivity contribution < 1.29 is 0 Å². The molecule has 0 radical (unpaired) electrons. The number of hydrogen-bond acceptors (Lipinski definition) is 2. The Morgan fingerprint density at radius 3 is 2.92 bits per heavy atom. The number of hydrogen-bond donors (Lipinski definition) is 1. The lowest BCUT2D eigenvalue weighted by Gasteiger charge is -2.15. The van der Waals surface area contributed by atoms with Gasteiger partial charge < -0.3 is 5.32 Å². The molecule has 1 unspecified atom stereocenters. The first-order chi connectivity index (χ1) is 6.36. The van der Waals surface area contributed by atoms with Gasteiger partial charge >= 0.3 is 0 Å². The quantitative estimate of drug-likeness (QED) is 0.701. The average molecular weight is 172 g/mol. The van der Waals surface area contributed by atoms with Crippen molar-refractivity contribution in [3.8, 4) is 0 Å². The lowest BCUT2D eigenvalue weighted by Crippen LogP contribution is -2.16. The fourth-order valence-corrected chi connectivity index (χ4v) is 1.37. The highest BCUT2D eigenvalue weighted by atomic mass is 14.9. The molecule has 2 rings (SSSR count). The Hall–Kier alpha value is -1.57. The number of allylic oxidation sites excluding steroid dienone is 2. The van der Waals surface area contributed by atoms with Gasteiger partial charge in [-0.2, -0.15) is 0 Å². The molecule has 0 saturated heterocycles. The van der Waals surface area contributed by atoms with Crippen molar-refractivity contribution in [2.75, 3.05) is 0 Å². The van der Waals surface area contributed by atoms with Crippen LogP contribution in [-0.4, -0.2) is 4.98 Å². The Bertz CT molecular complexity index is 353. The maximum absolute atomic E-state index is 4.45. The van der Waals surface area contributed by atoms with Crippen molar-refractivity contribution in [1.29, 1.82) is 0 Å². The summed E-state index contributed by atoms with van der Waals surface area (Å²) in [4.78, 5) is 4.45. The van der Waals surface area contributed by atoms with Gasteiger partial charge in [-0.05, 0) is 31.3 Å². The van der Waals surface area contributed by atoms with E-state index < -0.39 is 0 Å². The molecular weight excluding hydrogens is 160 g/mol. The largest absolute Gasteiger partial charge is 0.379 e. The van der Waals surface area contributed by atoms with Gasteiger partial charge in [-0.1, -0.05) is 18.2 Å². The highest BCUT2D eigenvalue weighted by molar-refractivity contribution is 5.22. The lowest BCUT2D eigenvalue weighted by atomic mass is 10.1. The van der Waals surface area contributed by atoms with Crippen LogP contribution in [0.2, 0.25) is 0 Å². The van der Waals surface area contributed by atoms with E-state index in [4.69, 9.17) is 0 Å². The summed E-state index contributed by atoms with van der Waals surface area (Å²) in [5.74, 6) is 0. The molecule has 1 aliphatic rings. The molecule has 13 heavy (non-hydrogen) atoms. The maximum Gasteiger partial charge on any atom is 0.0868 e. The molecule has 1 N–H and O–H groups in total. The second-order valence-corrected chi connectivity index (χ2v) is 3.09. The van der Waals surface area contributed by atoms with Crippen LogP contribution in [0.4, 0.5) is 0 Å². The van der Waals surface area contributed by atoms with E-state index in [-0.39, 0.29) is 6.04 Å². The summed E-state index contributed by atoms with van der Waals surface area (Å²) in [5.41, 5.74) is 2.13. The smallest absolute Gasteiger partial charge is 0.0868 e. The van der Waals surface area contributed by atoms with E-state index in [0.717, 1.165) is 11.4 Å². The molecular formula is C11H12N2. The van der Waals surface area contributed by atoms with E-state index in [1.54, 1.807) is 0 Å². The van der Waals surface area contributed by atoms with E-state index in [1.807, 2.05) is 43.5 Å². The minimum Gasteiger partial charge on any atom is -0.379 e. The minimum absolute atomic E-state index is 0.227. The second-order valence-electron chi connectivity index (χ2n) is 3.09. The van der Waals surface area contributed by atoms with Gasteiger partial charge in [-0.3, -0.25) is 4.98 Å². The Balaban J connectivity index is 2.25. The summed E-state index contributed by atoms with van der Waals surface area (Å²) in [7, 11) is 0. The van der Waals surface area contributed by atoms with Crippen LogP contribution in [-0.2, 0) is 0 Å². The standard InChI is InChI=1S/C11H12N2/c1-9-5-4-7-11(13-9)10-6-2-3-8-12-10/h2-8,10,12H,1H3. The van der Waals surface area contributed by atoms with Crippen LogP contribution < -0.4 is 5.32 Å². The van der Waals surface area contributed by atoms with E-state index in [1.165, 1.54) is 0 Å². The van der Waals surface area contributed by atoms with E-state index >= 15 is 0 Å². The van der Waals surface area contributed by atoms with Crippen molar-refractivity contribution in [2.24, 2.45) is 0 Å². The van der Waals surface area contributed by atoms with Crippen LogP contribution in [0.5, 0.6) is 0 Å². The molecule has 1 atom stereocenters. The average Bonchev–Trinajstić information content (AvgIpc) is 2.19. The zero-order valence-corrected chi connectivity index (χ0v) is 7.57. The predicted octanol–water partition coefficient (Wildman–Crippen LogP) is 2.10. The highest BCUT2D eigenvalue weighted by Crippen LogP contribution is 2.14. The molecule has 66 valence electrons. The summed E-state index contributed by atoms with van der Waals surface area (Å²) < 4.78 is 0. The maximum atomic E-state index is 4.45. The fraction of sp³-hybridized carbons (Fsp3) is 0.182. The molecule has 0 amide bonds. The third kappa shape index (κ3) is 1.78. The molecule has 2 heteroatoms. The first-order valence-corrected chi connectivity index (χ1v) is 4.39. The number of nitrogens with one attached hydrogen (secondary N) is 1. The molecule has 0 bridgehead atoms. The van der Waals surface area contributed by atoms with Gasteiger partial charge in [-0.15, -0.1) is 0 Å². The van der Waals surface area contributed by atoms with Crippen LogP contribution in [0.15, 0.2) is 42.6 Å². The number of dihydropyridines is 1. The minimum atomic E-state index is 0.227. The molecule has 0 aromatic carbocycles. The van der Waals surface area contributed by atoms with Crippen LogP contribution >= 0.6 is 0 Å². The number of pyridine rings is 1. The lowest BCUT2D eigenvalue weighted by molar-refractivity contribution is 0.717. The van der Waals surface area contributed by atoms with Crippen molar-refractivity contribution in [1.82, 2.24) is 10.3 Å². The molecule has 0 aliphatic carbocycles. The van der Waals surface area contributed by atoms with Gasteiger partial charge in [0.05, 0.1) is 11.7 Å². The zero-order valence-electron chi connectivity index (χ0n) is 7.57. The van der Waals surface area contributed by atoms with Crippen molar-refractivity contribution >= 4 is 0 Å². The van der Waals surface area contributed by atoms with Crippen LogP contribution in [0.3, 0.4) is 0 Å². The van der Waals surface area contributed by atoms with Crippen LogP contribution in [0, 0.1) is 6.92 Å². The molecule has 1 aromatic rings. The second kappa shape index (κ2) is 3.44. The number of aryl methyl sites for hydroxylation is 1. The fourth-order valence-electron chi connectivity index (χ4n) is 1.37. The Morgan fingerprint density at radius 1 is 1.31 bits per heavy atom. The van der Waals surface area contributed by atoms with Crippen molar-refractivity contribution in [3.05, 3.63) is 54.0 Å². The number of nitrogens with zero attached hydrogens (tertiary/aromatic N) is 1. The van der Waals surface area contributed by atoms with Gasteiger partial charge in [-0.25, -0.2) is 0 Å². The third-order valence-corrected chi connectivity index (χ3v) is 2.02. The molecule has 0 fully saturated rings. The van der Waals surface area contributed by atoms with Gasteiger partial charge in [0.1, 0.15) is 0 Å². The predicted molar refractivity (Wildman–Crippen MR) is 53.1 cm³/mol. The summed E-state index contributed by atoms with van der Waals surface area (Å²) >= 11 is 0. The van der Waals surface area contributed by atoms with Crippen LogP contribution in [0.1, 0.15) is 17.4 Å². The van der Waals surface area contributed by atoms with E-state index in [0.29, 0.717) is 0 Å². The summed E-state index contributed by atoms with van der Waals surface area (Å²) in [6.45, 7) is 2.01. The number of rotatable bonds is 1. The van der Waals surface area contributed by atoms with E-state index in [2.05, 4.69) is 16.4 Å². The third-order valence-electron chi connectivity index (χ3n) is 2.02. The normalized spacial score (nSPS) is 19.9. The van der Waals surface area contributed by atoms with Crippen molar-refractivity contribution in [2.45, 2.75) is 13.0 Å². The van der Waals surface area contributed by atoms with Gasteiger partial charge in [0.2, 0.25) is 0 Å². The molecule has 2 nitrogen and oxygen atoms in total. The molecule has 2 heterocycles. The monoisotopic (exact) mass is 172 g/mol.